The van der Waals surface area contributed by atoms with Crippen molar-refractivity contribution in [2.45, 2.75) is 32.6 Å². The Morgan fingerprint density at radius 2 is 1.82 bits per heavy atom. The molecule has 0 aliphatic carbocycles. The summed E-state index contributed by atoms with van der Waals surface area (Å²) in [5, 5.41) is 3.27. The van der Waals surface area contributed by atoms with E-state index in [9.17, 15) is 4.39 Å². The molecule has 0 amide bonds. The summed E-state index contributed by atoms with van der Waals surface area (Å²) in [6.07, 6.45) is 0.789. The second kappa shape index (κ2) is 6.73. The fourth-order valence-electron chi connectivity index (χ4n) is 1.94. The van der Waals surface area contributed by atoms with E-state index in [0.29, 0.717) is 12.4 Å². The van der Waals surface area contributed by atoms with E-state index in [0.717, 1.165) is 23.6 Å². The van der Waals surface area contributed by atoms with Crippen LogP contribution in [0.15, 0.2) is 30.3 Å². The van der Waals surface area contributed by atoms with Crippen LogP contribution in [0.4, 0.5) is 10.2 Å². The van der Waals surface area contributed by atoms with Crippen LogP contribution in [0.3, 0.4) is 0 Å². The quantitative estimate of drug-likeness (QED) is 0.917. The van der Waals surface area contributed by atoms with E-state index >= 15 is 0 Å². The standard InChI is InChI=1S/C17H22FN3O/c1-17(2,3)16-20-14(11-15(21-16)22-4)19-10-9-12-5-7-13(18)8-6-12/h5-8,11H,9-10H2,1-4H3,(H,19,20,21). The minimum atomic E-state index is -0.216. The highest BCUT2D eigenvalue weighted by atomic mass is 19.1. The van der Waals surface area contributed by atoms with Crippen LogP contribution < -0.4 is 10.1 Å². The number of halogens is 1. The van der Waals surface area contributed by atoms with Crippen molar-refractivity contribution >= 4 is 5.82 Å². The average molecular weight is 303 g/mol. The van der Waals surface area contributed by atoms with Gasteiger partial charge in [0.15, 0.2) is 0 Å². The van der Waals surface area contributed by atoms with Crippen molar-refractivity contribution in [3.8, 4) is 5.88 Å². The van der Waals surface area contributed by atoms with Crippen LogP contribution in [-0.2, 0) is 11.8 Å². The van der Waals surface area contributed by atoms with Gasteiger partial charge in [0.25, 0.3) is 0 Å². The first-order valence-corrected chi connectivity index (χ1v) is 7.30. The van der Waals surface area contributed by atoms with Gasteiger partial charge in [0.2, 0.25) is 5.88 Å². The molecule has 1 aromatic carbocycles. The van der Waals surface area contributed by atoms with E-state index in [4.69, 9.17) is 4.74 Å². The van der Waals surface area contributed by atoms with Crippen LogP contribution in [0, 0.1) is 5.82 Å². The number of nitrogens with one attached hydrogen (secondary N) is 1. The molecule has 22 heavy (non-hydrogen) atoms. The Morgan fingerprint density at radius 1 is 1.14 bits per heavy atom. The first-order chi connectivity index (χ1) is 10.4. The molecule has 0 spiro atoms. The highest BCUT2D eigenvalue weighted by Gasteiger charge is 2.19. The molecule has 1 heterocycles. The maximum atomic E-state index is 12.9. The molecule has 0 bridgehead atoms. The average Bonchev–Trinajstić information content (AvgIpc) is 2.48. The number of hydrogen-bond acceptors (Lipinski definition) is 4. The number of methoxy groups -OCH3 is 1. The Kier molecular flexibility index (Phi) is 4.96. The fourth-order valence-corrected chi connectivity index (χ4v) is 1.94. The van der Waals surface area contributed by atoms with Crippen LogP contribution >= 0.6 is 0 Å². The summed E-state index contributed by atoms with van der Waals surface area (Å²) in [7, 11) is 1.59. The Bertz CT molecular complexity index is 621. The zero-order chi connectivity index (χ0) is 16.2. The minimum absolute atomic E-state index is 0.151. The lowest BCUT2D eigenvalue weighted by Gasteiger charge is -2.18. The van der Waals surface area contributed by atoms with Crippen LogP contribution in [0.1, 0.15) is 32.2 Å². The third-order valence-corrected chi connectivity index (χ3v) is 3.22. The molecule has 1 aromatic heterocycles. The molecule has 0 radical (unpaired) electrons. The fraction of sp³-hybridized carbons (Fsp3) is 0.412. The maximum Gasteiger partial charge on any atom is 0.218 e. The third-order valence-electron chi connectivity index (χ3n) is 3.22. The zero-order valence-corrected chi connectivity index (χ0v) is 13.5. The smallest absolute Gasteiger partial charge is 0.218 e. The Hall–Kier alpha value is -2.17. The molecule has 0 atom stereocenters. The molecule has 2 rings (SSSR count). The Morgan fingerprint density at radius 3 is 2.41 bits per heavy atom. The molecule has 4 nitrogen and oxygen atoms in total. The van der Waals surface area contributed by atoms with Gasteiger partial charge in [0.05, 0.1) is 7.11 Å². The summed E-state index contributed by atoms with van der Waals surface area (Å²) in [5.74, 6) is 1.80. The van der Waals surface area contributed by atoms with Gasteiger partial charge in [-0.15, -0.1) is 0 Å². The summed E-state index contributed by atoms with van der Waals surface area (Å²) in [6, 6.07) is 8.30. The largest absolute Gasteiger partial charge is 0.481 e. The molecular weight excluding hydrogens is 281 g/mol. The first-order valence-electron chi connectivity index (χ1n) is 7.30. The number of aromatic nitrogens is 2. The summed E-state index contributed by atoms with van der Waals surface area (Å²) < 4.78 is 18.1. The molecule has 0 fully saturated rings. The van der Waals surface area contributed by atoms with Gasteiger partial charge in [0.1, 0.15) is 17.5 Å². The molecule has 0 saturated carbocycles. The lowest BCUT2D eigenvalue weighted by Crippen LogP contribution is -2.18. The van der Waals surface area contributed by atoms with Gasteiger partial charge >= 0.3 is 0 Å². The molecule has 118 valence electrons. The Labute approximate surface area is 130 Å². The number of hydrogen-bond donors (Lipinski definition) is 1. The number of anilines is 1. The van der Waals surface area contributed by atoms with Gasteiger partial charge in [-0.3, -0.25) is 0 Å². The predicted molar refractivity (Wildman–Crippen MR) is 85.9 cm³/mol. The third kappa shape index (κ3) is 4.41. The van der Waals surface area contributed by atoms with Crippen molar-refractivity contribution in [3.63, 3.8) is 0 Å². The summed E-state index contributed by atoms with van der Waals surface area (Å²) in [5.41, 5.74) is 0.924. The van der Waals surface area contributed by atoms with E-state index in [1.54, 1.807) is 25.3 Å². The second-order valence-corrected chi connectivity index (χ2v) is 6.17. The highest BCUT2D eigenvalue weighted by Crippen LogP contribution is 2.23. The van der Waals surface area contributed by atoms with Crippen molar-refractivity contribution in [2.24, 2.45) is 0 Å². The normalized spacial score (nSPS) is 11.3. The lowest BCUT2D eigenvalue weighted by atomic mass is 9.96. The molecule has 5 heteroatoms. The molecular formula is C17H22FN3O. The van der Waals surface area contributed by atoms with Crippen molar-refractivity contribution in [3.05, 3.63) is 47.5 Å². The van der Waals surface area contributed by atoms with Gasteiger partial charge in [-0.05, 0) is 24.1 Å². The molecule has 0 aliphatic heterocycles. The number of nitrogens with zero attached hydrogens (tertiary/aromatic N) is 2. The molecule has 1 N–H and O–H groups in total. The number of ether oxygens (including phenoxy) is 1. The van der Waals surface area contributed by atoms with Crippen LogP contribution in [0.25, 0.3) is 0 Å². The monoisotopic (exact) mass is 303 g/mol. The van der Waals surface area contributed by atoms with E-state index in [-0.39, 0.29) is 11.2 Å². The van der Waals surface area contributed by atoms with Crippen LogP contribution in [0.5, 0.6) is 5.88 Å². The predicted octanol–water partition coefficient (Wildman–Crippen LogP) is 3.58. The topological polar surface area (TPSA) is 47.0 Å². The molecule has 0 aliphatic rings. The maximum absolute atomic E-state index is 12.9. The van der Waals surface area contributed by atoms with E-state index < -0.39 is 0 Å². The van der Waals surface area contributed by atoms with E-state index in [1.165, 1.54) is 12.1 Å². The first kappa shape index (κ1) is 16.2. The van der Waals surface area contributed by atoms with Gasteiger partial charge in [0, 0.05) is 18.0 Å². The van der Waals surface area contributed by atoms with Gasteiger partial charge < -0.3 is 10.1 Å². The minimum Gasteiger partial charge on any atom is -0.481 e. The Balaban J connectivity index is 2.04. The van der Waals surface area contributed by atoms with Crippen molar-refractivity contribution < 1.29 is 9.13 Å². The molecule has 0 unspecified atom stereocenters. The van der Waals surface area contributed by atoms with Gasteiger partial charge in [-0.2, -0.15) is 4.98 Å². The summed E-state index contributed by atoms with van der Waals surface area (Å²) >= 11 is 0. The summed E-state index contributed by atoms with van der Waals surface area (Å²) in [6.45, 7) is 6.88. The SMILES string of the molecule is COc1cc(NCCc2ccc(F)cc2)nc(C(C)(C)C)n1. The van der Waals surface area contributed by atoms with Crippen LogP contribution in [-0.4, -0.2) is 23.6 Å². The van der Waals surface area contributed by atoms with Gasteiger partial charge in [-0.1, -0.05) is 32.9 Å². The van der Waals surface area contributed by atoms with Crippen molar-refractivity contribution in [2.75, 3.05) is 19.0 Å². The molecule has 2 aromatic rings. The highest BCUT2D eigenvalue weighted by molar-refractivity contribution is 5.39. The lowest BCUT2D eigenvalue weighted by molar-refractivity contribution is 0.389. The van der Waals surface area contributed by atoms with Crippen molar-refractivity contribution in [1.29, 1.82) is 0 Å². The summed E-state index contributed by atoms with van der Waals surface area (Å²) in [4.78, 5) is 8.92. The zero-order valence-electron chi connectivity index (χ0n) is 13.5. The van der Waals surface area contributed by atoms with Crippen molar-refractivity contribution in [1.82, 2.24) is 9.97 Å². The second-order valence-electron chi connectivity index (χ2n) is 6.17. The van der Waals surface area contributed by atoms with Crippen LogP contribution in [0.2, 0.25) is 0 Å². The van der Waals surface area contributed by atoms with Gasteiger partial charge in [-0.25, -0.2) is 9.37 Å². The molecule has 0 saturated heterocycles. The number of rotatable bonds is 5. The van der Waals surface area contributed by atoms with E-state index in [1.807, 2.05) is 0 Å². The number of benzene rings is 1. The van der Waals surface area contributed by atoms with E-state index in [2.05, 4.69) is 36.1 Å².